The van der Waals surface area contributed by atoms with Crippen LogP contribution in [0.3, 0.4) is 0 Å². The summed E-state index contributed by atoms with van der Waals surface area (Å²) in [6.07, 6.45) is 0. The van der Waals surface area contributed by atoms with E-state index in [9.17, 15) is 4.79 Å². The quantitative estimate of drug-likeness (QED) is 0.846. The summed E-state index contributed by atoms with van der Waals surface area (Å²) in [5.74, 6) is 0.862. The molecule has 0 saturated heterocycles. The number of benzene rings is 1. The molecule has 2 aromatic rings. The van der Waals surface area contributed by atoms with Gasteiger partial charge in [-0.15, -0.1) is 0 Å². The monoisotopic (exact) mass is 257 g/mol. The van der Waals surface area contributed by atoms with Crippen LogP contribution in [0.1, 0.15) is 18.1 Å². The first-order valence-corrected chi connectivity index (χ1v) is 6.45. The second-order valence-corrected chi connectivity index (χ2v) is 4.68. The Labute approximate surface area is 113 Å². The molecule has 3 heteroatoms. The fourth-order valence-electron chi connectivity index (χ4n) is 2.21. The van der Waals surface area contributed by atoms with E-state index in [2.05, 4.69) is 0 Å². The van der Waals surface area contributed by atoms with Crippen molar-refractivity contribution >= 4 is 0 Å². The average Bonchev–Trinajstić information content (AvgIpc) is 2.38. The van der Waals surface area contributed by atoms with Gasteiger partial charge in [-0.25, -0.2) is 0 Å². The van der Waals surface area contributed by atoms with Gasteiger partial charge in [0.2, 0.25) is 0 Å². The van der Waals surface area contributed by atoms with Crippen LogP contribution in [0.4, 0.5) is 0 Å². The highest BCUT2D eigenvalue weighted by Gasteiger charge is 2.08. The van der Waals surface area contributed by atoms with Crippen molar-refractivity contribution in [1.82, 2.24) is 4.57 Å². The van der Waals surface area contributed by atoms with Crippen molar-refractivity contribution in [2.24, 2.45) is 7.05 Å². The number of aromatic nitrogens is 1. The highest BCUT2D eigenvalue weighted by atomic mass is 16.5. The first-order chi connectivity index (χ1) is 9.04. The maximum Gasteiger partial charge on any atom is 0.253 e. The number of hydrogen-bond acceptors (Lipinski definition) is 2. The molecule has 0 bridgehead atoms. The van der Waals surface area contributed by atoms with Gasteiger partial charge in [0.05, 0.1) is 12.3 Å². The van der Waals surface area contributed by atoms with Gasteiger partial charge in [-0.05, 0) is 50.6 Å². The molecule has 1 aromatic heterocycles. The number of hydrogen-bond donors (Lipinski definition) is 0. The molecular formula is C16H19NO2. The van der Waals surface area contributed by atoms with Gasteiger partial charge < -0.3 is 9.30 Å². The lowest BCUT2D eigenvalue weighted by molar-refractivity contribution is 0.340. The summed E-state index contributed by atoms with van der Waals surface area (Å²) in [4.78, 5) is 12.0. The van der Waals surface area contributed by atoms with Crippen LogP contribution in [0.5, 0.6) is 5.75 Å². The highest BCUT2D eigenvalue weighted by molar-refractivity contribution is 5.65. The number of nitrogens with zero attached hydrogens (tertiary/aromatic N) is 1. The van der Waals surface area contributed by atoms with Gasteiger partial charge in [0.15, 0.2) is 0 Å². The van der Waals surface area contributed by atoms with Crippen LogP contribution in [0.2, 0.25) is 0 Å². The van der Waals surface area contributed by atoms with Crippen LogP contribution in [0, 0.1) is 13.8 Å². The molecule has 1 aromatic carbocycles. The van der Waals surface area contributed by atoms with E-state index in [1.807, 2.05) is 51.1 Å². The van der Waals surface area contributed by atoms with E-state index in [0.29, 0.717) is 6.61 Å². The molecule has 0 N–H and O–H groups in total. The lowest BCUT2D eigenvalue weighted by Gasteiger charge is -2.13. The van der Waals surface area contributed by atoms with Gasteiger partial charge in [-0.1, -0.05) is 6.07 Å². The summed E-state index contributed by atoms with van der Waals surface area (Å²) < 4.78 is 7.17. The zero-order valence-corrected chi connectivity index (χ0v) is 11.9. The zero-order valence-electron chi connectivity index (χ0n) is 11.9. The molecule has 0 spiro atoms. The molecule has 0 saturated carbocycles. The van der Waals surface area contributed by atoms with Gasteiger partial charge in [0.1, 0.15) is 5.75 Å². The Morgan fingerprint density at radius 2 is 1.84 bits per heavy atom. The normalized spacial score (nSPS) is 10.5. The predicted molar refractivity (Wildman–Crippen MR) is 77.8 cm³/mol. The van der Waals surface area contributed by atoms with Gasteiger partial charge >= 0.3 is 0 Å². The third kappa shape index (κ3) is 2.55. The van der Waals surface area contributed by atoms with E-state index in [0.717, 1.165) is 28.1 Å². The van der Waals surface area contributed by atoms with Crippen molar-refractivity contribution in [3.8, 4) is 17.0 Å². The molecule has 0 radical (unpaired) electrons. The molecule has 0 aliphatic carbocycles. The Morgan fingerprint density at radius 3 is 2.47 bits per heavy atom. The summed E-state index contributed by atoms with van der Waals surface area (Å²) in [6, 6.07) is 9.80. The van der Waals surface area contributed by atoms with E-state index in [4.69, 9.17) is 4.74 Å². The van der Waals surface area contributed by atoms with Crippen molar-refractivity contribution in [3.63, 3.8) is 0 Å². The average molecular weight is 257 g/mol. The first-order valence-electron chi connectivity index (χ1n) is 6.45. The minimum atomic E-state index is 0.0470. The van der Waals surface area contributed by atoms with Gasteiger partial charge in [-0.3, -0.25) is 4.79 Å². The molecule has 0 aliphatic rings. The van der Waals surface area contributed by atoms with Crippen molar-refractivity contribution in [2.45, 2.75) is 20.8 Å². The summed E-state index contributed by atoms with van der Waals surface area (Å²) in [7, 11) is 1.81. The minimum absolute atomic E-state index is 0.0470. The first kappa shape index (κ1) is 13.4. The Balaban J connectivity index is 2.54. The van der Waals surface area contributed by atoms with E-state index in [-0.39, 0.29) is 5.56 Å². The number of rotatable bonds is 3. The maximum atomic E-state index is 12.0. The summed E-state index contributed by atoms with van der Waals surface area (Å²) in [5, 5.41) is 0. The molecule has 2 rings (SSSR count). The Morgan fingerprint density at radius 1 is 1.11 bits per heavy atom. The summed E-state index contributed by atoms with van der Waals surface area (Å²) in [5.41, 5.74) is 3.89. The minimum Gasteiger partial charge on any atom is -0.494 e. The highest BCUT2D eigenvalue weighted by Crippen LogP contribution is 2.26. The van der Waals surface area contributed by atoms with Crippen LogP contribution >= 0.6 is 0 Å². The SMILES string of the molecule is CCOc1ccc(-c2ccc(C)c(=O)n2C)c(C)c1. The Hall–Kier alpha value is -2.03. The van der Waals surface area contributed by atoms with Gasteiger partial charge in [0, 0.05) is 18.2 Å². The fraction of sp³-hybridized carbons (Fsp3) is 0.312. The third-order valence-corrected chi connectivity index (χ3v) is 3.28. The molecule has 3 nitrogen and oxygen atoms in total. The molecule has 0 fully saturated rings. The Bertz CT molecular complexity index is 656. The third-order valence-electron chi connectivity index (χ3n) is 3.28. The number of aryl methyl sites for hydroxylation is 2. The lowest BCUT2D eigenvalue weighted by atomic mass is 10.0. The molecular weight excluding hydrogens is 238 g/mol. The van der Waals surface area contributed by atoms with Crippen molar-refractivity contribution in [2.75, 3.05) is 6.61 Å². The molecule has 100 valence electrons. The predicted octanol–water partition coefficient (Wildman–Crippen LogP) is 3.07. The maximum absolute atomic E-state index is 12.0. The van der Waals surface area contributed by atoms with Crippen LogP contribution in [-0.2, 0) is 7.05 Å². The van der Waals surface area contributed by atoms with E-state index in [1.165, 1.54) is 0 Å². The summed E-state index contributed by atoms with van der Waals surface area (Å²) in [6.45, 7) is 6.48. The smallest absolute Gasteiger partial charge is 0.253 e. The largest absolute Gasteiger partial charge is 0.494 e. The standard InChI is InChI=1S/C16H19NO2/c1-5-19-13-7-8-14(12(3)10-13)15-9-6-11(2)16(18)17(15)4/h6-10H,5H2,1-4H3. The molecule has 19 heavy (non-hydrogen) atoms. The molecule has 0 unspecified atom stereocenters. The Kier molecular flexibility index (Phi) is 3.74. The van der Waals surface area contributed by atoms with E-state index in [1.54, 1.807) is 11.6 Å². The van der Waals surface area contributed by atoms with Crippen molar-refractivity contribution < 1.29 is 4.74 Å². The molecule has 1 heterocycles. The zero-order chi connectivity index (χ0) is 14.0. The van der Waals surface area contributed by atoms with Crippen LogP contribution < -0.4 is 10.3 Å². The summed E-state index contributed by atoms with van der Waals surface area (Å²) >= 11 is 0. The van der Waals surface area contributed by atoms with E-state index < -0.39 is 0 Å². The van der Waals surface area contributed by atoms with Crippen LogP contribution in [0.25, 0.3) is 11.3 Å². The van der Waals surface area contributed by atoms with Crippen LogP contribution in [-0.4, -0.2) is 11.2 Å². The fourth-order valence-corrected chi connectivity index (χ4v) is 2.21. The topological polar surface area (TPSA) is 31.2 Å². The number of pyridine rings is 1. The van der Waals surface area contributed by atoms with Gasteiger partial charge in [-0.2, -0.15) is 0 Å². The van der Waals surface area contributed by atoms with Crippen LogP contribution in [0.15, 0.2) is 35.1 Å². The van der Waals surface area contributed by atoms with Crippen molar-refractivity contribution in [3.05, 3.63) is 51.8 Å². The second-order valence-electron chi connectivity index (χ2n) is 4.68. The number of ether oxygens (including phenoxy) is 1. The molecule has 0 amide bonds. The molecule has 0 atom stereocenters. The second kappa shape index (κ2) is 5.31. The van der Waals surface area contributed by atoms with E-state index >= 15 is 0 Å². The molecule has 0 aliphatic heterocycles. The van der Waals surface area contributed by atoms with Crippen molar-refractivity contribution in [1.29, 1.82) is 0 Å². The van der Waals surface area contributed by atoms with Gasteiger partial charge in [0.25, 0.3) is 5.56 Å². The lowest BCUT2D eigenvalue weighted by Crippen LogP contribution is -2.20.